The summed E-state index contributed by atoms with van der Waals surface area (Å²) < 4.78 is 4.85. The van der Waals surface area contributed by atoms with Crippen molar-refractivity contribution in [2.45, 2.75) is 6.42 Å². The van der Waals surface area contributed by atoms with Gasteiger partial charge in [-0.25, -0.2) is 4.98 Å². The molecule has 0 radical (unpaired) electrons. The molecule has 10 heavy (non-hydrogen) atoms. The monoisotopic (exact) mass is 138 g/mol. The van der Waals surface area contributed by atoms with Crippen LogP contribution in [0.5, 0.6) is 0 Å². The molecule has 0 aromatic carbocycles. The van der Waals surface area contributed by atoms with Crippen molar-refractivity contribution in [1.82, 2.24) is 10.3 Å². The number of hydrogen-bond acceptors (Lipinski definition) is 3. The van der Waals surface area contributed by atoms with Crippen LogP contribution >= 0.6 is 0 Å². The van der Waals surface area contributed by atoms with Crippen LogP contribution in [0.4, 0.5) is 0 Å². The van der Waals surface area contributed by atoms with Gasteiger partial charge in [0.05, 0.1) is 5.69 Å². The van der Waals surface area contributed by atoms with Gasteiger partial charge in [-0.2, -0.15) is 0 Å². The molecule has 1 amide bonds. The van der Waals surface area contributed by atoms with E-state index >= 15 is 0 Å². The lowest BCUT2D eigenvalue weighted by molar-refractivity contribution is 0.0916. The third-order valence-electron chi connectivity index (χ3n) is 1.49. The average Bonchev–Trinajstić information content (AvgIpc) is 2.36. The van der Waals surface area contributed by atoms with Gasteiger partial charge in [0.1, 0.15) is 0 Å². The minimum absolute atomic E-state index is 0.154. The van der Waals surface area contributed by atoms with E-state index in [1.165, 1.54) is 6.39 Å². The number of hydrogen-bond donors (Lipinski definition) is 1. The molecule has 1 aliphatic rings. The van der Waals surface area contributed by atoms with Crippen molar-refractivity contribution in [2.24, 2.45) is 0 Å². The lowest BCUT2D eigenvalue weighted by Gasteiger charge is -2.07. The van der Waals surface area contributed by atoms with E-state index in [0.29, 0.717) is 12.3 Å². The second kappa shape index (κ2) is 1.83. The predicted molar refractivity (Wildman–Crippen MR) is 32.5 cm³/mol. The maximum Gasteiger partial charge on any atom is 0.289 e. The Kier molecular flexibility index (Phi) is 1.00. The zero-order chi connectivity index (χ0) is 6.97. The zero-order valence-corrected chi connectivity index (χ0v) is 5.26. The Morgan fingerprint density at radius 2 is 2.60 bits per heavy atom. The number of amides is 1. The Bertz CT molecular complexity index is 266. The van der Waals surface area contributed by atoms with Crippen molar-refractivity contribution < 1.29 is 9.21 Å². The molecule has 1 aliphatic heterocycles. The van der Waals surface area contributed by atoms with E-state index in [0.717, 1.165) is 12.1 Å². The number of carbonyl (C=O) groups is 1. The van der Waals surface area contributed by atoms with E-state index in [1.54, 1.807) is 0 Å². The minimum Gasteiger partial charge on any atom is -0.438 e. The summed E-state index contributed by atoms with van der Waals surface area (Å²) in [5, 5.41) is 2.65. The SMILES string of the molecule is O=C1NCCc2ncoc21. The predicted octanol–water partition coefficient (Wildman–Crippen LogP) is -0.0395. The fourth-order valence-corrected chi connectivity index (χ4v) is 1.01. The average molecular weight is 138 g/mol. The highest BCUT2D eigenvalue weighted by Gasteiger charge is 2.20. The summed E-state index contributed by atoms with van der Waals surface area (Å²) in [5.74, 6) is 0.213. The Balaban J connectivity index is 2.50. The van der Waals surface area contributed by atoms with Gasteiger partial charge in [0.25, 0.3) is 5.91 Å². The van der Waals surface area contributed by atoms with Gasteiger partial charge in [0, 0.05) is 13.0 Å². The summed E-state index contributed by atoms with van der Waals surface area (Å²) in [7, 11) is 0. The first-order valence-corrected chi connectivity index (χ1v) is 3.08. The molecule has 1 aromatic heterocycles. The first-order chi connectivity index (χ1) is 4.88. The maximum atomic E-state index is 10.9. The molecule has 0 spiro atoms. The number of oxazole rings is 1. The molecule has 1 aromatic rings. The number of nitrogens with zero attached hydrogens (tertiary/aromatic N) is 1. The largest absolute Gasteiger partial charge is 0.438 e. The second-order valence-electron chi connectivity index (χ2n) is 2.13. The lowest BCUT2D eigenvalue weighted by atomic mass is 10.2. The number of nitrogens with one attached hydrogen (secondary N) is 1. The van der Waals surface area contributed by atoms with Crippen LogP contribution in [0.15, 0.2) is 10.8 Å². The topological polar surface area (TPSA) is 55.1 Å². The molecule has 2 heterocycles. The third kappa shape index (κ3) is 0.618. The van der Waals surface area contributed by atoms with Gasteiger partial charge in [0.15, 0.2) is 6.39 Å². The molecule has 0 atom stereocenters. The number of rotatable bonds is 0. The van der Waals surface area contributed by atoms with E-state index < -0.39 is 0 Å². The summed E-state index contributed by atoms with van der Waals surface area (Å²) in [6, 6.07) is 0. The first kappa shape index (κ1) is 5.46. The second-order valence-corrected chi connectivity index (χ2v) is 2.13. The van der Waals surface area contributed by atoms with Gasteiger partial charge in [-0.1, -0.05) is 0 Å². The standard InChI is InChI=1S/C6H6N2O2/c9-6-5-4(1-2-7-6)8-3-10-5/h3H,1-2H2,(H,7,9). The molecule has 0 bridgehead atoms. The van der Waals surface area contributed by atoms with Gasteiger partial charge in [0.2, 0.25) is 5.76 Å². The van der Waals surface area contributed by atoms with Crippen LogP contribution in [-0.2, 0) is 6.42 Å². The van der Waals surface area contributed by atoms with Gasteiger partial charge >= 0.3 is 0 Å². The minimum atomic E-state index is -0.154. The van der Waals surface area contributed by atoms with E-state index in [2.05, 4.69) is 10.3 Å². The number of carbonyl (C=O) groups excluding carboxylic acids is 1. The smallest absolute Gasteiger partial charge is 0.289 e. The summed E-state index contributed by atoms with van der Waals surface area (Å²) in [6.07, 6.45) is 2.08. The van der Waals surface area contributed by atoms with Crippen molar-refractivity contribution in [1.29, 1.82) is 0 Å². The molecule has 0 saturated carbocycles. The highest BCUT2D eigenvalue weighted by atomic mass is 16.3. The van der Waals surface area contributed by atoms with E-state index in [9.17, 15) is 4.79 Å². The van der Waals surface area contributed by atoms with Crippen LogP contribution in [0.1, 0.15) is 16.2 Å². The number of fused-ring (bicyclic) bond motifs is 1. The van der Waals surface area contributed by atoms with E-state index in [4.69, 9.17) is 4.42 Å². The summed E-state index contributed by atoms with van der Waals surface area (Å²) in [4.78, 5) is 14.8. The fourth-order valence-electron chi connectivity index (χ4n) is 1.01. The Labute approximate surface area is 57.2 Å². The van der Waals surface area contributed by atoms with Crippen molar-refractivity contribution in [2.75, 3.05) is 6.54 Å². The first-order valence-electron chi connectivity index (χ1n) is 3.08. The van der Waals surface area contributed by atoms with Crippen molar-refractivity contribution in [3.8, 4) is 0 Å². The molecule has 0 unspecified atom stereocenters. The van der Waals surface area contributed by atoms with Gasteiger partial charge in [-0.05, 0) is 0 Å². The van der Waals surface area contributed by atoms with Crippen molar-refractivity contribution >= 4 is 5.91 Å². The molecule has 4 heteroatoms. The van der Waals surface area contributed by atoms with Crippen LogP contribution in [0.25, 0.3) is 0 Å². The number of aromatic nitrogens is 1. The quantitative estimate of drug-likeness (QED) is 0.547. The third-order valence-corrected chi connectivity index (χ3v) is 1.49. The maximum absolute atomic E-state index is 10.9. The van der Waals surface area contributed by atoms with Gasteiger partial charge < -0.3 is 9.73 Å². The van der Waals surface area contributed by atoms with Crippen LogP contribution in [0.3, 0.4) is 0 Å². The molecule has 0 saturated heterocycles. The molecule has 0 aliphatic carbocycles. The van der Waals surface area contributed by atoms with Crippen molar-refractivity contribution in [3.05, 3.63) is 17.8 Å². The summed E-state index contributed by atoms with van der Waals surface area (Å²) in [6.45, 7) is 0.665. The Morgan fingerprint density at radius 3 is 3.40 bits per heavy atom. The molecule has 4 nitrogen and oxygen atoms in total. The van der Waals surface area contributed by atoms with Gasteiger partial charge in [-0.3, -0.25) is 4.79 Å². The van der Waals surface area contributed by atoms with Crippen LogP contribution in [0, 0.1) is 0 Å². The van der Waals surface area contributed by atoms with E-state index in [-0.39, 0.29) is 5.91 Å². The molecular formula is C6H6N2O2. The van der Waals surface area contributed by atoms with Gasteiger partial charge in [-0.15, -0.1) is 0 Å². The lowest BCUT2D eigenvalue weighted by Crippen LogP contribution is -2.31. The Morgan fingerprint density at radius 1 is 1.70 bits per heavy atom. The van der Waals surface area contributed by atoms with Crippen LogP contribution in [-0.4, -0.2) is 17.4 Å². The summed E-state index contributed by atoms with van der Waals surface area (Å²) >= 11 is 0. The molecule has 0 fully saturated rings. The van der Waals surface area contributed by atoms with Crippen LogP contribution < -0.4 is 5.32 Å². The van der Waals surface area contributed by atoms with E-state index in [1.807, 2.05) is 0 Å². The summed E-state index contributed by atoms with van der Waals surface area (Å²) in [5.41, 5.74) is 0.767. The molecule has 52 valence electrons. The molecule has 1 N–H and O–H groups in total. The molecular weight excluding hydrogens is 132 g/mol. The van der Waals surface area contributed by atoms with Crippen molar-refractivity contribution in [3.63, 3.8) is 0 Å². The van der Waals surface area contributed by atoms with Crippen LogP contribution in [0.2, 0.25) is 0 Å². The molecule has 2 rings (SSSR count). The fraction of sp³-hybridized carbons (Fsp3) is 0.333. The highest BCUT2D eigenvalue weighted by Crippen LogP contribution is 2.09. The normalized spacial score (nSPS) is 16.2. The Hall–Kier alpha value is -1.32. The zero-order valence-electron chi connectivity index (χ0n) is 5.26. The highest BCUT2D eigenvalue weighted by molar-refractivity contribution is 5.93.